The molecule has 1 amide bonds. The second-order valence-electron chi connectivity index (χ2n) is 6.10. The highest BCUT2D eigenvalue weighted by molar-refractivity contribution is 7.98. The normalized spacial score (nSPS) is 14.2. The Morgan fingerprint density at radius 3 is 2.75 bits per heavy atom. The van der Waals surface area contributed by atoms with Crippen molar-refractivity contribution >= 4 is 23.5 Å². The summed E-state index contributed by atoms with van der Waals surface area (Å²) in [6, 6.07) is 5.57. The van der Waals surface area contributed by atoms with Gasteiger partial charge in [-0.15, -0.1) is 0 Å². The first-order valence-electron chi connectivity index (χ1n) is 8.07. The molecule has 1 aliphatic rings. The molecule has 128 valence electrons. The number of carbonyl (C=O) groups is 1. The first-order chi connectivity index (χ1) is 11.5. The lowest BCUT2D eigenvalue weighted by Crippen LogP contribution is -2.27. The van der Waals surface area contributed by atoms with E-state index in [-0.39, 0.29) is 5.91 Å². The van der Waals surface area contributed by atoms with Crippen LogP contribution in [0.2, 0.25) is 0 Å². The first-order valence-corrected chi connectivity index (χ1v) is 9.05. The number of thioether (sulfide) groups is 1. The second kappa shape index (κ2) is 7.25. The molecule has 0 saturated carbocycles. The molecule has 2 aromatic rings. The molecule has 1 aliphatic heterocycles. The summed E-state index contributed by atoms with van der Waals surface area (Å²) < 4.78 is 5.71. The summed E-state index contributed by atoms with van der Waals surface area (Å²) in [7, 11) is 3.91. The molecule has 0 spiro atoms. The van der Waals surface area contributed by atoms with Crippen molar-refractivity contribution < 1.29 is 9.21 Å². The van der Waals surface area contributed by atoms with Crippen LogP contribution in [0.5, 0.6) is 0 Å². The predicted octanol–water partition coefficient (Wildman–Crippen LogP) is 2.97. The number of aromatic nitrogens is 2. The Morgan fingerprint density at radius 1 is 1.29 bits per heavy atom. The lowest BCUT2D eigenvalue weighted by Gasteiger charge is -2.13. The third-order valence-electron chi connectivity index (χ3n) is 3.89. The summed E-state index contributed by atoms with van der Waals surface area (Å²) in [5.74, 6) is 2.66. The van der Waals surface area contributed by atoms with Gasteiger partial charge in [-0.05, 0) is 31.9 Å². The number of likely N-dealkylation sites (tertiary alicyclic amines) is 1. The Hall–Kier alpha value is -2.02. The molecule has 0 bridgehead atoms. The lowest BCUT2D eigenvalue weighted by molar-refractivity contribution is 0.0760. The van der Waals surface area contributed by atoms with Crippen LogP contribution in [0.15, 0.2) is 27.8 Å². The van der Waals surface area contributed by atoms with E-state index in [9.17, 15) is 4.79 Å². The molecular formula is C17H22N4O2S. The Bertz CT molecular complexity index is 723. The fraction of sp³-hybridized carbons (Fsp3) is 0.471. The minimum Gasteiger partial charge on any atom is -0.455 e. The van der Waals surface area contributed by atoms with Gasteiger partial charge in [0.15, 0.2) is 10.9 Å². The number of hydrogen-bond donors (Lipinski definition) is 0. The second-order valence-corrected chi connectivity index (χ2v) is 7.04. The van der Waals surface area contributed by atoms with Gasteiger partial charge in [-0.2, -0.15) is 0 Å². The highest BCUT2D eigenvalue weighted by Gasteiger charge is 2.22. The Kier molecular flexibility index (Phi) is 5.08. The summed E-state index contributed by atoms with van der Waals surface area (Å²) in [5.41, 5.74) is 0.931. The third-order valence-corrected chi connectivity index (χ3v) is 4.76. The zero-order chi connectivity index (χ0) is 17.1. The van der Waals surface area contributed by atoms with Crippen LogP contribution in [0.25, 0.3) is 0 Å². The van der Waals surface area contributed by atoms with Crippen molar-refractivity contribution in [2.45, 2.75) is 30.7 Å². The third kappa shape index (κ3) is 3.90. The summed E-state index contributed by atoms with van der Waals surface area (Å²) >= 11 is 1.51. The number of carbonyl (C=O) groups excluding carboxylic acids is 1. The predicted molar refractivity (Wildman–Crippen MR) is 94.5 cm³/mol. The van der Waals surface area contributed by atoms with E-state index >= 15 is 0 Å². The van der Waals surface area contributed by atoms with Crippen LogP contribution in [-0.4, -0.2) is 48.0 Å². The van der Waals surface area contributed by atoms with E-state index in [1.807, 2.05) is 43.0 Å². The van der Waals surface area contributed by atoms with E-state index in [1.54, 1.807) is 6.07 Å². The molecule has 0 N–H and O–H groups in total. The highest BCUT2D eigenvalue weighted by Crippen LogP contribution is 2.24. The van der Waals surface area contributed by atoms with Gasteiger partial charge >= 0.3 is 0 Å². The van der Waals surface area contributed by atoms with Crippen LogP contribution < -0.4 is 4.90 Å². The average Bonchev–Trinajstić information content (AvgIpc) is 3.23. The lowest BCUT2D eigenvalue weighted by atomic mass is 10.4. The van der Waals surface area contributed by atoms with E-state index in [1.165, 1.54) is 11.8 Å². The summed E-state index contributed by atoms with van der Waals surface area (Å²) in [4.78, 5) is 25.1. The smallest absolute Gasteiger partial charge is 0.289 e. The molecule has 0 aromatic carbocycles. The van der Waals surface area contributed by atoms with Crippen molar-refractivity contribution in [3.63, 3.8) is 0 Å². The number of nitrogens with zero attached hydrogens (tertiary/aromatic N) is 4. The van der Waals surface area contributed by atoms with Crippen LogP contribution >= 0.6 is 11.8 Å². The van der Waals surface area contributed by atoms with Crippen molar-refractivity contribution in [2.75, 3.05) is 32.1 Å². The Balaban J connectivity index is 1.64. The van der Waals surface area contributed by atoms with E-state index < -0.39 is 0 Å². The number of anilines is 1. The molecule has 3 heterocycles. The van der Waals surface area contributed by atoms with Gasteiger partial charge in [-0.3, -0.25) is 4.79 Å². The fourth-order valence-corrected chi connectivity index (χ4v) is 3.39. The largest absolute Gasteiger partial charge is 0.455 e. The first kappa shape index (κ1) is 16.8. The summed E-state index contributed by atoms with van der Waals surface area (Å²) in [6.45, 7) is 3.61. The van der Waals surface area contributed by atoms with Crippen LogP contribution in [0.3, 0.4) is 0 Å². The van der Waals surface area contributed by atoms with Gasteiger partial charge in [-0.1, -0.05) is 11.8 Å². The van der Waals surface area contributed by atoms with Crippen LogP contribution in [0.4, 0.5) is 5.82 Å². The molecule has 0 atom stereocenters. The number of hydrogen-bond acceptors (Lipinski definition) is 6. The standard InChI is InChI=1S/C17H22N4O2S/c1-12-10-15(20(2)3)19-17(18-12)24-11-13-6-7-14(23-13)16(22)21-8-4-5-9-21/h6-7,10H,4-5,8-9,11H2,1-3H3. The highest BCUT2D eigenvalue weighted by atomic mass is 32.2. The zero-order valence-corrected chi connectivity index (χ0v) is 15.1. The number of rotatable bonds is 5. The molecule has 0 aliphatic carbocycles. The molecule has 7 heteroatoms. The molecular weight excluding hydrogens is 324 g/mol. The van der Waals surface area contributed by atoms with Crippen LogP contribution in [-0.2, 0) is 5.75 Å². The van der Waals surface area contributed by atoms with Gasteiger partial charge in [-0.25, -0.2) is 9.97 Å². The minimum absolute atomic E-state index is 0.00884. The fourth-order valence-electron chi connectivity index (χ4n) is 2.60. The minimum atomic E-state index is -0.00884. The van der Waals surface area contributed by atoms with Gasteiger partial charge < -0.3 is 14.2 Å². The van der Waals surface area contributed by atoms with Crippen molar-refractivity contribution in [2.24, 2.45) is 0 Å². The van der Waals surface area contributed by atoms with E-state index in [2.05, 4.69) is 9.97 Å². The topological polar surface area (TPSA) is 62.5 Å². The number of aryl methyl sites for hydroxylation is 1. The maximum absolute atomic E-state index is 12.3. The van der Waals surface area contributed by atoms with E-state index in [4.69, 9.17) is 4.42 Å². The van der Waals surface area contributed by atoms with Crippen LogP contribution in [0, 0.1) is 6.92 Å². The van der Waals surface area contributed by atoms with Crippen molar-refractivity contribution in [1.82, 2.24) is 14.9 Å². The van der Waals surface area contributed by atoms with Crippen molar-refractivity contribution in [3.05, 3.63) is 35.4 Å². The molecule has 1 saturated heterocycles. The number of amides is 1. The molecule has 1 fully saturated rings. The quantitative estimate of drug-likeness (QED) is 0.613. The summed E-state index contributed by atoms with van der Waals surface area (Å²) in [5, 5.41) is 0.711. The van der Waals surface area contributed by atoms with Crippen molar-refractivity contribution in [3.8, 4) is 0 Å². The Morgan fingerprint density at radius 2 is 2.04 bits per heavy atom. The average molecular weight is 346 g/mol. The maximum atomic E-state index is 12.3. The zero-order valence-electron chi connectivity index (χ0n) is 14.3. The van der Waals surface area contributed by atoms with Crippen molar-refractivity contribution in [1.29, 1.82) is 0 Å². The van der Waals surface area contributed by atoms with Crippen LogP contribution in [0.1, 0.15) is 34.9 Å². The molecule has 2 aromatic heterocycles. The van der Waals surface area contributed by atoms with Gasteiger partial charge in [0.1, 0.15) is 11.6 Å². The SMILES string of the molecule is Cc1cc(N(C)C)nc(SCc2ccc(C(=O)N3CCCC3)o2)n1. The van der Waals surface area contributed by atoms with Gasteiger partial charge in [0.2, 0.25) is 0 Å². The maximum Gasteiger partial charge on any atom is 0.289 e. The Labute approximate surface area is 146 Å². The molecule has 0 unspecified atom stereocenters. The molecule has 3 rings (SSSR count). The van der Waals surface area contributed by atoms with E-state index in [0.717, 1.165) is 43.2 Å². The molecule has 0 radical (unpaired) electrons. The van der Waals surface area contributed by atoms with Gasteiger partial charge in [0.25, 0.3) is 5.91 Å². The number of furan rings is 1. The summed E-state index contributed by atoms with van der Waals surface area (Å²) in [6.07, 6.45) is 2.15. The monoisotopic (exact) mass is 346 g/mol. The van der Waals surface area contributed by atoms with Gasteiger partial charge in [0, 0.05) is 38.9 Å². The van der Waals surface area contributed by atoms with E-state index in [0.29, 0.717) is 16.7 Å². The van der Waals surface area contributed by atoms with Gasteiger partial charge in [0.05, 0.1) is 5.75 Å². The molecule has 6 nitrogen and oxygen atoms in total. The molecule has 24 heavy (non-hydrogen) atoms.